The van der Waals surface area contributed by atoms with Crippen LogP contribution in [0.15, 0.2) is 73.1 Å². The van der Waals surface area contributed by atoms with Crippen molar-refractivity contribution < 1.29 is 19.3 Å². The van der Waals surface area contributed by atoms with Gasteiger partial charge in [0, 0.05) is 59.4 Å². The lowest BCUT2D eigenvalue weighted by atomic mass is 10.1. The summed E-state index contributed by atoms with van der Waals surface area (Å²) < 4.78 is 0. The third-order valence-corrected chi connectivity index (χ3v) is 5.04. The van der Waals surface area contributed by atoms with Crippen molar-refractivity contribution in [2.45, 2.75) is 12.8 Å². The van der Waals surface area contributed by atoms with E-state index in [-0.39, 0.29) is 0 Å². The number of H-pyrrole nitrogens is 2. The normalized spacial score (nSPS) is 11.4. The van der Waals surface area contributed by atoms with Crippen molar-refractivity contribution in [1.29, 1.82) is 0 Å². The highest BCUT2D eigenvalue weighted by atomic mass is 16.7. The maximum atomic E-state index is 11.7. The maximum absolute atomic E-state index is 11.7. The number of carbonyl (C=O) groups is 2. The fraction of sp³-hybridized carbons (Fsp3) is 0.167. The number of aromatic nitrogens is 2. The molecule has 0 saturated carbocycles. The van der Waals surface area contributed by atoms with Crippen molar-refractivity contribution in [1.82, 2.24) is 20.9 Å². The fourth-order valence-corrected chi connectivity index (χ4v) is 3.50. The van der Waals surface area contributed by atoms with Gasteiger partial charge >= 0.3 is 11.9 Å². The lowest BCUT2D eigenvalue weighted by Crippen LogP contribution is -2.22. The van der Waals surface area contributed by atoms with Crippen LogP contribution < -0.4 is 11.0 Å². The number of fused-ring (bicyclic) bond motifs is 2. The van der Waals surface area contributed by atoms with Gasteiger partial charge in [-0.3, -0.25) is 0 Å². The van der Waals surface area contributed by atoms with Crippen LogP contribution >= 0.6 is 0 Å². The van der Waals surface area contributed by atoms with E-state index >= 15 is 0 Å². The molecule has 4 N–H and O–H groups in total. The Kier molecular flexibility index (Phi) is 6.96. The number of benzene rings is 2. The Morgan fingerprint density at radius 2 is 1.16 bits per heavy atom. The minimum absolute atomic E-state index is 0.446. The molecule has 0 aliphatic rings. The van der Waals surface area contributed by atoms with Crippen LogP contribution in [0, 0.1) is 0 Å². The molecule has 0 bridgehead atoms. The van der Waals surface area contributed by atoms with Gasteiger partial charge < -0.3 is 19.6 Å². The summed E-state index contributed by atoms with van der Waals surface area (Å²) in [6, 6.07) is 16.0. The molecule has 0 amide bonds. The molecule has 8 heteroatoms. The third-order valence-electron chi connectivity index (χ3n) is 5.04. The van der Waals surface area contributed by atoms with Gasteiger partial charge in [0.15, 0.2) is 0 Å². The van der Waals surface area contributed by atoms with Gasteiger partial charge in [0.05, 0.1) is 0 Å². The van der Waals surface area contributed by atoms with Crippen LogP contribution in [0.1, 0.15) is 11.1 Å². The van der Waals surface area contributed by atoms with Gasteiger partial charge in [0.1, 0.15) is 0 Å². The molecule has 2 aromatic carbocycles. The largest absolute Gasteiger partial charge is 0.367 e. The summed E-state index contributed by atoms with van der Waals surface area (Å²) in [5, 5.41) is 2.28. The quantitative estimate of drug-likeness (QED) is 0.174. The third kappa shape index (κ3) is 5.42. The van der Waals surface area contributed by atoms with E-state index in [9.17, 15) is 9.59 Å². The Morgan fingerprint density at radius 3 is 1.62 bits per heavy atom. The number of hydrogen-bond donors (Lipinski definition) is 4. The Hall–Kier alpha value is -3.88. The molecule has 0 saturated heterocycles. The molecule has 164 valence electrons. The molecule has 0 unspecified atom stereocenters. The Balaban J connectivity index is 1.11. The predicted octanol–water partition coefficient (Wildman–Crippen LogP) is 3.09. The number of rotatable bonds is 10. The molecule has 0 atom stereocenters. The van der Waals surface area contributed by atoms with E-state index in [0.717, 1.165) is 45.1 Å². The second kappa shape index (κ2) is 10.4. The highest BCUT2D eigenvalue weighted by Gasteiger charge is 2.05. The van der Waals surface area contributed by atoms with E-state index in [1.807, 2.05) is 60.9 Å². The summed E-state index contributed by atoms with van der Waals surface area (Å²) in [6.07, 6.45) is 7.28. The minimum Gasteiger partial charge on any atom is -0.367 e. The zero-order chi connectivity index (χ0) is 22.2. The van der Waals surface area contributed by atoms with E-state index in [2.05, 4.69) is 20.9 Å². The molecule has 0 aliphatic heterocycles. The van der Waals surface area contributed by atoms with E-state index in [1.165, 1.54) is 0 Å². The first-order valence-corrected chi connectivity index (χ1v) is 10.4. The topological polar surface area (TPSA) is 108 Å². The van der Waals surface area contributed by atoms with Gasteiger partial charge in [-0.1, -0.05) is 36.4 Å². The van der Waals surface area contributed by atoms with E-state index in [4.69, 9.17) is 9.68 Å². The highest BCUT2D eigenvalue weighted by Crippen LogP contribution is 2.18. The van der Waals surface area contributed by atoms with Gasteiger partial charge in [-0.2, -0.15) is 11.0 Å². The maximum Gasteiger partial charge on any atom is 0.349 e. The fourth-order valence-electron chi connectivity index (χ4n) is 3.50. The van der Waals surface area contributed by atoms with E-state index in [1.54, 1.807) is 0 Å². The van der Waals surface area contributed by atoms with Gasteiger partial charge in [0.2, 0.25) is 0 Å². The molecule has 8 nitrogen and oxygen atoms in total. The van der Waals surface area contributed by atoms with Crippen LogP contribution in [0.4, 0.5) is 0 Å². The zero-order valence-corrected chi connectivity index (χ0v) is 17.4. The average Bonchev–Trinajstić information content (AvgIpc) is 3.42. The average molecular weight is 432 g/mol. The van der Waals surface area contributed by atoms with E-state index in [0.29, 0.717) is 25.9 Å². The molecule has 2 heterocycles. The summed E-state index contributed by atoms with van der Waals surface area (Å²) >= 11 is 0. The first kappa shape index (κ1) is 21.4. The smallest absolute Gasteiger partial charge is 0.349 e. The zero-order valence-electron chi connectivity index (χ0n) is 17.4. The molecule has 0 aliphatic carbocycles. The number of nitrogens with one attached hydrogen (secondary N) is 4. The Morgan fingerprint density at radius 1 is 0.719 bits per heavy atom. The van der Waals surface area contributed by atoms with Gasteiger partial charge in [0.25, 0.3) is 0 Å². The first-order chi connectivity index (χ1) is 15.7. The van der Waals surface area contributed by atoms with Gasteiger partial charge in [-0.25, -0.2) is 9.59 Å². The number of para-hydroxylation sites is 2. The minimum atomic E-state index is -0.681. The van der Waals surface area contributed by atoms with Crippen LogP contribution in [0.5, 0.6) is 0 Å². The van der Waals surface area contributed by atoms with E-state index < -0.39 is 11.9 Å². The number of aromatic amines is 2. The van der Waals surface area contributed by atoms with Gasteiger partial charge in [-0.05, 0) is 36.1 Å². The first-order valence-electron chi connectivity index (χ1n) is 10.4. The number of hydroxylamine groups is 2. The predicted molar refractivity (Wildman–Crippen MR) is 121 cm³/mol. The molecule has 4 rings (SSSR count). The molecular formula is C24H24N4O4. The van der Waals surface area contributed by atoms with Gasteiger partial charge in [-0.15, -0.1) is 0 Å². The second-order valence-electron chi connectivity index (χ2n) is 7.18. The summed E-state index contributed by atoms with van der Waals surface area (Å²) in [6.45, 7) is 0.891. The number of hydrogen-bond acceptors (Lipinski definition) is 6. The number of carbonyl (C=O) groups excluding carboxylic acids is 2. The lowest BCUT2D eigenvalue weighted by Gasteiger charge is -2.04. The standard InChI is InChI=1S/C24H24N4O4/c29-23(31-27-13-11-17-15-25-21-7-3-1-5-19(17)21)9-10-24(30)32-28-14-12-18-16-26-22-8-4-2-6-20(18)22/h1-10,15-16,25-28H,11-14H2/b10-9-. The van der Waals surface area contributed by atoms with Crippen molar-refractivity contribution >= 4 is 33.7 Å². The van der Waals surface area contributed by atoms with Crippen molar-refractivity contribution in [2.75, 3.05) is 13.1 Å². The molecule has 2 aromatic heterocycles. The summed E-state index contributed by atoms with van der Waals surface area (Å²) in [5.41, 5.74) is 9.60. The molecule has 0 spiro atoms. The molecule has 0 fully saturated rings. The molecule has 4 aromatic rings. The van der Waals surface area contributed by atoms with Crippen LogP contribution in [-0.2, 0) is 32.1 Å². The Labute approximate surface area is 184 Å². The van der Waals surface area contributed by atoms with Crippen molar-refractivity contribution in [3.63, 3.8) is 0 Å². The summed E-state index contributed by atoms with van der Waals surface area (Å²) in [4.78, 5) is 39.6. The van der Waals surface area contributed by atoms with Crippen LogP contribution in [-0.4, -0.2) is 35.0 Å². The van der Waals surface area contributed by atoms with Crippen LogP contribution in [0.2, 0.25) is 0 Å². The second-order valence-corrected chi connectivity index (χ2v) is 7.18. The highest BCUT2D eigenvalue weighted by molar-refractivity contribution is 5.91. The monoisotopic (exact) mass is 432 g/mol. The van der Waals surface area contributed by atoms with Crippen molar-refractivity contribution in [2.24, 2.45) is 0 Å². The SMILES string of the molecule is O=C(/C=C\C(=O)ONCCc1c[nH]c2ccccc12)ONCCc1c[nH]c2ccccc12. The summed E-state index contributed by atoms with van der Waals surface area (Å²) in [5.74, 6) is -1.36. The molecule has 32 heavy (non-hydrogen) atoms. The lowest BCUT2D eigenvalue weighted by molar-refractivity contribution is -0.147. The summed E-state index contributed by atoms with van der Waals surface area (Å²) in [7, 11) is 0. The Bertz CT molecular complexity index is 1150. The molecular weight excluding hydrogens is 408 g/mol. The van der Waals surface area contributed by atoms with Crippen LogP contribution in [0.25, 0.3) is 21.8 Å². The van der Waals surface area contributed by atoms with Crippen molar-refractivity contribution in [3.8, 4) is 0 Å². The van der Waals surface area contributed by atoms with Crippen molar-refractivity contribution in [3.05, 3.63) is 84.2 Å². The molecule has 0 radical (unpaired) electrons. The van der Waals surface area contributed by atoms with Crippen LogP contribution in [0.3, 0.4) is 0 Å².